The number of amides is 1. The Morgan fingerprint density at radius 1 is 1.38 bits per heavy atom. The van der Waals surface area contributed by atoms with E-state index in [9.17, 15) is 14.9 Å². The lowest BCUT2D eigenvalue weighted by Gasteiger charge is -1.99. The fourth-order valence-electron chi connectivity index (χ4n) is 0.870. The van der Waals surface area contributed by atoms with E-state index < -0.39 is 4.92 Å². The van der Waals surface area contributed by atoms with Gasteiger partial charge >= 0.3 is 0 Å². The Bertz CT molecular complexity index is 332. The predicted octanol–water partition coefficient (Wildman–Crippen LogP) is 1.55. The molecule has 0 aliphatic heterocycles. The molecule has 0 spiro atoms. The van der Waals surface area contributed by atoms with Crippen molar-refractivity contribution in [1.29, 1.82) is 0 Å². The molecule has 0 unspecified atom stereocenters. The summed E-state index contributed by atoms with van der Waals surface area (Å²) in [6, 6.07) is 5.65. The molecule has 68 valence electrons. The number of nitrogens with one attached hydrogen (secondary N) is 1. The Kier molecular flexibility index (Phi) is 2.59. The molecule has 0 bridgehead atoms. The summed E-state index contributed by atoms with van der Waals surface area (Å²) < 4.78 is 0. The average molecular weight is 186 g/mol. The quantitative estimate of drug-likeness (QED) is 0.562. The molecule has 0 aromatic heterocycles. The minimum Gasteiger partial charge on any atom is -0.326 e. The van der Waals surface area contributed by atoms with Gasteiger partial charge < -0.3 is 5.32 Å². The van der Waals surface area contributed by atoms with Gasteiger partial charge in [-0.05, 0) is 12.1 Å². The number of carbonyl (C=O) groups is 1. The van der Waals surface area contributed by atoms with Gasteiger partial charge in [0.25, 0.3) is 5.69 Å². The maximum Gasteiger partial charge on any atom is 0.269 e. The Morgan fingerprint density at radius 2 is 1.92 bits per heavy atom. The summed E-state index contributed by atoms with van der Waals surface area (Å²) in [5.41, 5.74) is 0.562. The van der Waals surface area contributed by atoms with Crippen LogP contribution in [0.2, 0.25) is 0 Å². The summed E-state index contributed by atoms with van der Waals surface area (Å²) in [7, 11) is 0. The zero-order chi connectivity index (χ0) is 9.84. The molecule has 0 saturated heterocycles. The van der Waals surface area contributed by atoms with Crippen LogP contribution in [-0.4, -0.2) is 10.8 Å². The van der Waals surface area contributed by atoms with Crippen LogP contribution in [0.25, 0.3) is 0 Å². The minimum atomic E-state index is -0.489. The smallest absolute Gasteiger partial charge is 0.269 e. The number of hydrogen-bond donors (Lipinski definition) is 1. The molecule has 1 amide bonds. The summed E-state index contributed by atoms with van der Waals surface area (Å²) in [4.78, 5) is 20.4. The van der Waals surface area contributed by atoms with Crippen LogP contribution in [0.3, 0.4) is 0 Å². The highest BCUT2D eigenvalue weighted by molar-refractivity contribution is 5.88. The van der Waals surface area contributed by atoms with Crippen LogP contribution >= 0.6 is 0 Å². The van der Waals surface area contributed by atoms with Crippen molar-refractivity contribution >= 4 is 17.3 Å². The molecular weight excluding hydrogens is 178 g/mol. The van der Waals surface area contributed by atoms with Crippen LogP contribution in [0.4, 0.5) is 11.4 Å². The van der Waals surface area contributed by atoms with Crippen molar-refractivity contribution in [2.45, 2.75) is 6.92 Å². The molecule has 1 aromatic carbocycles. The van der Waals surface area contributed by atoms with Crippen LogP contribution in [-0.2, 0) is 4.79 Å². The third-order valence-electron chi connectivity index (χ3n) is 1.40. The molecule has 5 heteroatoms. The van der Waals surface area contributed by atoms with Gasteiger partial charge in [-0.2, -0.15) is 0 Å². The number of nitro groups is 1. The summed E-state index contributed by atoms with van der Waals surface area (Å²) in [5.74, 6) is -0.200. The molecule has 0 radical (unpaired) electrons. The fourth-order valence-corrected chi connectivity index (χ4v) is 0.870. The standard InChI is InChI=1S/C8H8N2O3/c1-6(11)9-7-2-4-8(5-3-7)10(12)13/h2-5H,1H3,(H,9,11)/i2+1,3+1,4+1,5+1,7+1,8+1. The molecule has 1 rings (SSSR count). The van der Waals surface area contributed by atoms with E-state index >= 15 is 0 Å². The van der Waals surface area contributed by atoms with Gasteiger partial charge in [-0.15, -0.1) is 0 Å². The highest BCUT2D eigenvalue weighted by Crippen LogP contribution is 2.14. The number of carbonyl (C=O) groups excluding carboxylic acids is 1. The maximum atomic E-state index is 10.6. The van der Waals surface area contributed by atoms with Gasteiger partial charge in [-0.1, -0.05) is 0 Å². The second kappa shape index (κ2) is 3.66. The Hall–Kier alpha value is -1.91. The largest absolute Gasteiger partial charge is 0.326 e. The first-order chi connectivity index (χ1) is 6.09. The van der Waals surface area contributed by atoms with E-state index in [1.54, 1.807) is 0 Å². The fraction of sp³-hybridized carbons (Fsp3) is 0.125. The topological polar surface area (TPSA) is 72.2 Å². The van der Waals surface area contributed by atoms with E-state index in [4.69, 9.17) is 0 Å². The van der Waals surface area contributed by atoms with Gasteiger partial charge in [0.1, 0.15) is 0 Å². The zero-order valence-corrected chi connectivity index (χ0v) is 6.98. The third-order valence-corrected chi connectivity index (χ3v) is 1.40. The molecule has 0 aliphatic rings. The SMILES string of the molecule is CC(=O)N[13c]1[13cH][13cH][13c]([N+](=O)[O-])[13cH][13cH]1. The predicted molar refractivity (Wildman–Crippen MR) is 47.4 cm³/mol. The molecule has 0 saturated carbocycles. The summed E-state index contributed by atoms with van der Waals surface area (Å²) in [5, 5.41) is 12.8. The van der Waals surface area contributed by atoms with Crippen molar-refractivity contribution in [2.75, 3.05) is 5.32 Å². The normalized spacial score (nSPS) is 9.31. The van der Waals surface area contributed by atoms with Gasteiger partial charge in [0.15, 0.2) is 0 Å². The molecular formula is C8H8N2O3. The van der Waals surface area contributed by atoms with Crippen LogP contribution < -0.4 is 5.32 Å². The summed E-state index contributed by atoms with van der Waals surface area (Å²) >= 11 is 0. The number of rotatable bonds is 2. The highest BCUT2D eigenvalue weighted by Gasteiger charge is 2.03. The summed E-state index contributed by atoms with van der Waals surface area (Å²) in [6.45, 7) is 1.38. The van der Waals surface area contributed by atoms with E-state index in [1.165, 1.54) is 31.2 Å². The van der Waals surface area contributed by atoms with Crippen molar-refractivity contribution in [3.05, 3.63) is 34.4 Å². The highest BCUT2D eigenvalue weighted by atomic mass is 16.6. The van der Waals surface area contributed by atoms with Gasteiger partial charge in [-0.25, -0.2) is 0 Å². The van der Waals surface area contributed by atoms with Gasteiger partial charge in [-0.3, -0.25) is 14.9 Å². The maximum absolute atomic E-state index is 10.6. The van der Waals surface area contributed by atoms with E-state index in [1.807, 2.05) is 0 Å². The average Bonchev–Trinajstić information content (AvgIpc) is 2.04. The number of nitro benzene ring substituents is 1. The lowest BCUT2D eigenvalue weighted by molar-refractivity contribution is -0.384. The number of hydrogen-bond acceptors (Lipinski definition) is 3. The van der Waals surface area contributed by atoms with E-state index in [2.05, 4.69) is 5.32 Å². The van der Waals surface area contributed by atoms with E-state index in [0.29, 0.717) is 5.69 Å². The molecule has 0 heterocycles. The second-order valence-electron chi connectivity index (χ2n) is 2.49. The number of benzene rings is 1. The first-order valence-corrected chi connectivity index (χ1v) is 3.61. The second-order valence-corrected chi connectivity index (χ2v) is 2.49. The van der Waals surface area contributed by atoms with Crippen molar-refractivity contribution < 1.29 is 9.72 Å². The Labute approximate surface area is 74.5 Å². The van der Waals surface area contributed by atoms with Crippen LogP contribution in [0.5, 0.6) is 0 Å². The first-order valence-electron chi connectivity index (χ1n) is 3.61. The Morgan fingerprint density at radius 3 is 2.31 bits per heavy atom. The minimum absolute atomic E-state index is 0.00843. The molecule has 0 fully saturated rings. The molecule has 13 heavy (non-hydrogen) atoms. The molecule has 1 N–H and O–H groups in total. The third kappa shape index (κ3) is 2.55. The lowest BCUT2D eigenvalue weighted by Crippen LogP contribution is -2.05. The van der Waals surface area contributed by atoms with Gasteiger partial charge in [0, 0.05) is 24.7 Å². The van der Waals surface area contributed by atoms with Crippen molar-refractivity contribution in [1.82, 2.24) is 0 Å². The molecule has 0 atom stereocenters. The van der Waals surface area contributed by atoms with Crippen LogP contribution in [0.15, 0.2) is 24.3 Å². The van der Waals surface area contributed by atoms with Crippen LogP contribution in [0, 0.1) is 10.1 Å². The monoisotopic (exact) mass is 186 g/mol. The number of nitrogens with zero attached hydrogens (tertiary/aromatic N) is 1. The molecule has 5 nitrogen and oxygen atoms in total. The number of non-ortho nitro benzene ring substituents is 1. The lowest BCUT2D eigenvalue weighted by atomic mass is 10.7. The molecule has 1 aromatic rings. The van der Waals surface area contributed by atoms with Crippen LogP contribution in [0.1, 0.15) is 6.92 Å². The van der Waals surface area contributed by atoms with Crippen molar-refractivity contribution in [3.63, 3.8) is 0 Å². The first kappa shape index (κ1) is 9.18. The van der Waals surface area contributed by atoms with Gasteiger partial charge in [0.2, 0.25) is 5.91 Å². The van der Waals surface area contributed by atoms with E-state index in [-0.39, 0.29) is 11.6 Å². The molecule has 0 aliphatic carbocycles. The Balaban J connectivity index is 2.81. The van der Waals surface area contributed by atoms with Gasteiger partial charge in [0.05, 0.1) is 4.92 Å². The zero-order valence-electron chi connectivity index (χ0n) is 6.98. The summed E-state index contributed by atoms with van der Waals surface area (Å²) in [6.07, 6.45) is 0. The van der Waals surface area contributed by atoms with Crippen molar-refractivity contribution in [3.8, 4) is 0 Å². The number of anilines is 1. The van der Waals surface area contributed by atoms with Crippen molar-refractivity contribution in [2.24, 2.45) is 0 Å². The van der Waals surface area contributed by atoms with E-state index in [0.717, 1.165) is 0 Å².